The number of primary sulfonamides is 1. The number of carbonyl (C=O) groups is 2. The molecular formula is C21H18F3N3O5S. The normalized spacial score (nSPS) is 11.8. The molecule has 3 aromatic rings. The molecule has 0 aliphatic carbocycles. The molecule has 0 aliphatic rings. The van der Waals surface area contributed by atoms with Gasteiger partial charge in [0, 0.05) is 28.6 Å². The number of halogens is 3. The molecule has 0 saturated carbocycles. The zero-order valence-corrected chi connectivity index (χ0v) is 18.1. The van der Waals surface area contributed by atoms with Crippen LogP contribution in [0, 0.1) is 13.8 Å². The van der Waals surface area contributed by atoms with Crippen LogP contribution in [0.15, 0.2) is 58.0 Å². The minimum Gasteiger partial charge on any atom is -0.438 e. The predicted molar refractivity (Wildman–Crippen MR) is 113 cm³/mol. The van der Waals surface area contributed by atoms with Crippen molar-refractivity contribution in [2.75, 3.05) is 10.6 Å². The number of anilines is 2. The monoisotopic (exact) mass is 481 g/mol. The Kier molecular flexibility index (Phi) is 6.34. The Labute approximate surface area is 186 Å². The first-order valence-electron chi connectivity index (χ1n) is 9.29. The number of nitrogens with two attached hydrogens (primary N) is 1. The fraction of sp³-hybridized carbons (Fsp3) is 0.143. The number of sulfonamides is 1. The second-order valence-corrected chi connectivity index (χ2v) is 8.63. The SMILES string of the molecule is Cc1ccc(C(=O)Nc2cccc(C(F)(F)F)c2)cc1NC(=O)c1oc(S(N)(=O)=O)cc1C. The summed E-state index contributed by atoms with van der Waals surface area (Å²) < 4.78 is 66.5. The van der Waals surface area contributed by atoms with Gasteiger partial charge in [0.2, 0.25) is 5.09 Å². The third kappa shape index (κ3) is 5.59. The van der Waals surface area contributed by atoms with E-state index in [-0.39, 0.29) is 28.3 Å². The molecule has 2 amide bonds. The van der Waals surface area contributed by atoms with Crippen molar-refractivity contribution in [3.8, 4) is 0 Å². The molecule has 0 fully saturated rings. The summed E-state index contributed by atoms with van der Waals surface area (Å²) in [5.74, 6) is -1.76. The average Bonchev–Trinajstić information content (AvgIpc) is 3.11. The highest BCUT2D eigenvalue weighted by molar-refractivity contribution is 7.89. The molecule has 0 atom stereocenters. The molecule has 0 unspecified atom stereocenters. The number of furan rings is 1. The molecule has 4 N–H and O–H groups in total. The molecule has 0 spiro atoms. The van der Waals surface area contributed by atoms with Gasteiger partial charge in [-0.25, -0.2) is 13.6 Å². The smallest absolute Gasteiger partial charge is 0.416 e. The van der Waals surface area contributed by atoms with E-state index in [4.69, 9.17) is 9.56 Å². The van der Waals surface area contributed by atoms with Crippen molar-refractivity contribution in [2.45, 2.75) is 25.1 Å². The summed E-state index contributed by atoms with van der Waals surface area (Å²) >= 11 is 0. The summed E-state index contributed by atoms with van der Waals surface area (Å²) in [4.78, 5) is 25.1. The Balaban J connectivity index is 1.82. The number of aryl methyl sites for hydroxylation is 2. The molecule has 33 heavy (non-hydrogen) atoms. The first-order valence-corrected chi connectivity index (χ1v) is 10.8. The summed E-state index contributed by atoms with van der Waals surface area (Å²) in [5.41, 5.74) is 0.106. The molecule has 0 radical (unpaired) electrons. The van der Waals surface area contributed by atoms with Crippen LogP contribution in [-0.4, -0.2) is 20.2 Å². The number of nitrogens with one attached hydrogen (secondary N) is 2. The van der Waals surface area contributed by atoms with Gasteiger partial charge in [0.25, 0.3) is 21.8 Å². The maximum Gasteiger partial charge on any atom is 0.416 e. The molecule has 3 rings (SSSR count). The summed E-state index contributed by atoms with van der Waals surface area (Å²) in [6, 6.07) is 9.57. The van der Waals surface area contributed by atoms with E-state index in [1.807, 2.05) is 0 Å². The van der Waals surface area contributed by atoms with Crippen molar-refractivity contribution in [1.82, 2.24) is 0 Å². The molecule has 8 nitrogen and oxygen atoms in total. The molecule has 0 aliphatic heterocycles. The van der Waals surface area contributed by atoms with E-state index < -0.39 is 38.7 Å². The van der Waals surface area contributed by atoms with Crippen molar-refractivity contribution in [1.29, 1.82) is 0 Å². The fourth-order valence-electron chi connectivity index (χ4n) is 2.87. The van der Waals surface area contributed by atoms with Gasteiger partial charge in [0.1, 0.15) is 0 Å². The lowest BCUT2D eigenvalue weighted by atomic mass is 10.1. The van der Waals surface area contributed by atoms with Crippen LogP contribution in [-0.2, 0) is 16.2 Å². The van der Waals surface area contributed by atoms with Crippen LogP contribution >= 0.6 is 0 Å². The number of benzene rings is 2. The van der Waals surface area contributed by atoms with E-state index in [2.05, 4.69) is 10.6 Å². The maximum atomic E-state index is 12.9. The summed E-state index contributed by atoms with van der Waals surface area (Å²) in [5, 5.41) is 9.34. The molecule has 1 aromatic heterocycles. The third-order valence-electron chi connectivity index (χ3n) is 4.58. The third-order valence-corrected chi connectivity index (χ3v) is 5.34. The van der Waals surface area contributed by atoms with E-state index in [0.29, 0.717) is 5.56 Å². The lowest BCUT2D eigenvalue weighted by molar-refractivity contribution is -0.137. The Morgan fingerprint density at radius 1 is 0.939 bits per heavy atom. The zero-order valence-electron chi connectivity index (χ0n) is 17.3. The Hall–Kier alpha value is -3.64. The van der Waals surface area contributed by atoms with Gasteiger partial charge in [-0.3, -0.25) is 9.59 Å². The zero-order chi connectivity index (χ0) is 24.6. The number of rotatable bonds is 5. The van der Waals surface area contributed by atoms with Crippen molar-refractivity contribution in [3.05, 3.63) is 76.5 Å². The molecule has 0 bridgehead atoms. The van der Waals surface area contributed by atoms with Crippen LogP contribution in [0.3, 0.4) is 0 Å². The predicted octanol–water partition coefficient (Wildman–Crippen LogP) is 4.07. The van der Waals surface area contributed by atoms with Crippen LogP contribution in [0.4, 0.5) is 24.5 Å². The van der Waals surface area contributed by atoms with Crippen molar-refractivity contribution in [3.63, 3.8) is 0 Å². The van der Waals surface area contributed by atoms with Gasteiger partial charge >= 0.3 is 6.18 Å². The number of hydrogen-bond donors (Lipinski definition) is 3. The highest BCUT2D eigenvalue weighted by atomic mass is 32.2. The van der Waals surface area contributed by atoms with Crippen LogP contribution in [0.2, 0.25) is 0 Å². The van der Waals surface area contributed by atoms with Gasteiger partial charge < -0.3 is 15.1 Å². The average molecular weight is 481 g/mol. The van der Waals surface area contributed by atoms with Gasteiger partial charge in [-0.2, -0.15) is 13.2 Å². The van der Waals surface area contributed by atoms with Crippen LogP contribution in [0.25, 0.3) is 0 Å². The van der Waals surface area contributed by atoms with Crippen LogP contribution in [0.1, 0.15) is 37.6 Å². The standard InChI is InChI=1S/C21H18F3N3O5S/c1-11-6-7-13(19(28)26-15-5-3-4-14(10-15)21(22,23)24)9-16(11)27-20(29)18-12(2)8-17(32-18)33(25,30)31/h3-10H,1-2H3,(H,26,28)(H,27,29)(H2,25,30,31). The lowest BCUT2D eigenvalue weighted by Crippen LogP contribution is -2.16. The number of alkyl halides is 3. The summed E-state index contributed by atoms with van der Waals surface area (Å²) in [7, 11) is -4.15. The first-order chi connectivity index (χ1) is 15.3. The number of hydrogen-bond acceptors (Lipinski definition) is 5. The van der Waals surface area contributed by atoms with E-state index in [0.717, 1.165) is 18.2 Å². The minimum atomic E-state index is -4.56. The van der Waals surface area contributed by atoms with E-state index in [1.165, 1.54) is 37.3 Å². The minimum absolute atomic E-state index is 0.0530. The van der Waals surface area contributed by atoms with Gasteiger partial charge in [-0.1, -0.05) is 12.1 Å². The lowest BCUT2D eigenvalue weighted by Gasteiger charge is -2.12. The quantitative estimate of drug-likeness (QED) is 0.506. The second-order valence-electron chi connectivity index (χ2n) is 7.14. The second kappa shape index (κ2) is 8.71. The highest BCUT2D eigenvalue weighted by Crippen LogP contribution is 2.31. The number of amides is 2. The fourth-order valence-corrected chi connectivity index (χ4v) is 3.41. The van der Waals surface area contributed by atoms with Gasteiger partial charge in [-0.15, -0.1) is 0 Å². The highest BCUT2D eigenvalue weighted by Gasteiger charge is 2.30. The van der Waals surface area contributed by atoms with Crippen LogP contribution < -0.4 is 15.8 Å². The molecule has 12 heteroatoms. The van der Waals surface area contributed by atoms with E-state index >= 15 is 0 Å². The van der Waals surface area contributed by atoms with Gasteiger partial charge in [-0.05, 0) is 49.7 Å². The number of carbonyl (C=O) groups excluding carboxylic acids is 2. The summed E-state index contributed by atoms with van der Waals surface area (Å²) in [6.07, 6.45) is -4.56. The molecule has 0 saturated heterocycles. The molecule has 1 heterocycles. The largest absolute Gasteiger partial charge is 0.438 e. The molecular weight excluding hydrogens is 463 g/mol. The van der Waals surface area contributed by atoms with Crippen molar-refractivity contribution >= 4 is 33.2 Å². The van der Waals surface area contributed by atoms with Crippen molar-refractivity contribution < 1.29 is 35.6 Å². The Morgan fingerprint density at radius 3 is 2.24 bits per heavy atom. The molecule has 2 aromatic carbocycles. The van der Waals surface area contributed by atoms with Gasteiger partial charge in [0.15, 0.2) is 5.76 Å². The maximum absolute atomic E-state index is 12.9. The topological polar surface area (TPSA) is 132 Å². The van der Waals surface area contributed by atoms with Crippen LogP contribution in [0.5, 0.6) is 0 Å². The Bertz CT molecular complexity index is 1350. The van der Waals surface area contributed by atoms with E-state index in [1.54, 1.807) is 6.92 Å². The summed E-state index contributed by atoms with van der Waals surface area (Å²) in [6.45, 7) is 3.10. The van der Waals surface area contributed by atoms with Gasteiger partial charge in [0.05, 0.1) is 5.56 Å². The molecule has 174 valence electrons. The first kappa shape index (κ1) is 24.0. The Morgan fingerprint density at radius 2 is 1.64 bits per heavy atom. The van der Waals surface area contributed by atoms with Crippen molar-refractivity contribution in [2.24, 2.45) is 5.14 Å². The van der Waals surface area contributed by atoms with E-state index in [9.17, 15) is 31.2 Å².